The number of halogens is 2. The summed E-state index contributed by atoms with van der Waals surface area (Å²) in [6, 6.07) is 17.3. The Bertz CT molecular complexity index is 3360. The maximum Gasteiger partial charge on any atom is 0.254 e. The fourth-order valence-corrected chi connectivity index (χ4v) is 16.5. The molecule has 0 radical (unpaired) electrons. The number of H-pyrrole nitrogens is 1. The Morgan fingerprint density at radius 3 is 2.20 bits per heavy atom. The van der Waals surface area contributed by atoms with E-state index in [1.165, 1.54) is 11.8 Å². The van der Waals surface area contributed by atoms with Gasteiger partial charge in [0.05, 0.1) is 28.9 Å². The number of anilines is 1. The number of allylic oxidation sites excluding steroid dienone is 2. The second kappa shape index (κ2) is 25.3. The number of nitrogens with zero attached hydrogens (tertiary/aromatic N) is 4. The molecule has 6 heterocycles. The number of fused-ring (bicyclic) bond motifs is 2. The van der Waals surface area contributed by atoms with Gasteiger partial charge in [-0.2, -0.15) is 0 Å². The van der Waals surface area contributed by atoms with E-state index in [0.717, 1.165) is 131 Å². The minimum absolute atomic E-state index is 0.0364. The number of rotatable bonds is 19. The zero-order valence-corrected chi connectivity index (χ0v) is 51.8. The number of thioether (sulfide) groups is 2. The number of aliphatic hydroxyl groups excluding tert-OH is 2. The first-order chi connectivity index (χ1) is 40.3. The number of pyridine rings is 1. The van der Waals surface area contributed by atoms with Crippen molar-refractivity contribution in [3.05, 3.63) is 115 Å². The van der Waals surface area contributed by atoms with E-state index in [-0.39, 0.29) is 85.7 Å². The number of aromatic nitrogens is 3. The zero-order valence-electron chi connectivity index (χ0n) is 50.2. The molecule has 3 saturated carbocycles. The van der Waals surface area contributed by atoms with Gasteiger partial charge in [-0.15, -0.1) is 23.5 Å². The van der Waals surface area contributed by atoms with Gasteiger partial charge in [0.25, 0.3) is 23.3 Å². The predicted molar refractivity (Wildman–Crippen MR) is 334 cm³/mol. The second-order valence-electron chi connectivity index (χ2n) is 25.3. The molecule has 5 atom stereocenters. The van der Waals surface area contributed by atoms with Gasteiger partial charge in [0.2, 0.25) is 0 Å². The van der Waals surface area contributed by atoms with Gasteiger partial charge in [-0.25, -0.2) is 8.78 Å². The van der Waals surface area contributed by atoms with Crippen LogP contribution in [-0.2, 0) is 17.7 Å². The summed E-state index contributed by atoms with van der Waals surface area (Å²) in [6.45, 7) is 13.1. The molecule has 2 aromatic carbocycles. The third-order valence-corrected chi connectivity index (χ3v) is 21.6. The molecular formula is C65H87F2N9O6S2. The molecule has 3 aromatic heterocycles. The molecule has 7 N–H and O–H groups in total. The number of nitrogens with one attached hydrogen (secondary N) is 5. The summed E-state index contributed by atoms with van der Waals surface area (Å²) in [5.41, 5.74) is 8.71. The van der Waals surface area contributed by atoms with Crippen LogP contribution in [0.15, 0.2) is 80.5 Å². The number of aliphatic hydroxyl groups is 2. The van der Waals surface area contributed by atoms with Gasteiger partial charge in [-0.1, -0.05) is 18.2 Å². The first-order valence-corrected chi connectivity index (χ1v) is 33.1. The Labute approximate surface area is 501 Å². The number of amides is 2. The number of piperidine rings is 1. The van der Waals surface area contributed by atoms with E-state index < -0.39 is 12.2 Å². The zero-order chi connectivity index (χ0) is 59.3. The van der Waals surface area contributed by atoms with E-state index >= 15 is 4.79 Å². The topological polar surface area (TPSA) is 181 Å². The average molecular weight is 1190 g/mol. The molecule has 84 heavy (non-hydrogen) atoms. The molecule has 2 amide bonds. The lowest BCUT2D eigenvalue weighted by Gasteiger charge is -2.45. The second-order valence-corrected chi connectivity index (χ2v) is 27.0. The van der Waals surface area contributed by atoms with Crippen LogP contribution in [0.3, 0.4) is 0 Å². The summed E-state index contributed by atoms with van der Waals surface area (Å²) < 4.78 is 39.1. The highest BCUT2D eigenvalue weighted by Gasteiger charge is 2.46. The van der Waals surface area contributed by atoms with Crippen molar-refractivity contribution < 1.29 is 33.3 Å². The third kappa shape index (κ3) is 12.4. The maximum atomic E-state index is 15.0. The van der Waals surface area contributed by atoms with Crippen molar-refractivity contribution in [2.24, 2.45) is 11.8 Å². The van der Waals surface area contributed by atoms with E-state index in [2.05, 4.69) is 102 Å². The van der Waals surface area contributed by atoms with Crippen LogP contribution in [0.2, 0.25) is 0 Å². The van der Waals surface area contributed by atoms with E-state index in [4.69, 9.17) is 4.74 Å². The Balaban J connectivity index is 0.882. The lowest BCUT2D eigenvalue weighted by Crippen LogP contribution is -2.52. The average Bonchev–Trinajstić information content (AvgIpc) is 2.21. The predicted octanol–water partition coefficient (Wildman–Crippen LogP) is 10.3. The summed E-state index contributed by atoms with van der Waals surface area (Å²) in [4.78, 5) is 52.6. The van der Waals surface area contributed by atoms with Gasteiger partial charge >= 0.3 is 0 Å². The van der Waals surface area contributed by atoms with Crippen LogP contribution in [-0.4, -0.2) is 135 Å². The Morgan fingerprint density at radius 2 is 1.50 bits per heavy atom. The van der Waals surface area contributed by atoms with Crippen molar-refractivity contribution in [1.82, 2.24) is 40.3 Å². The molecule has 15 nitrogen and oxygen atoms in total. The number of aromatic amines is 1. The van der Waals surface area contributed by atoms with Crippen molar-refractivity contribution in [3.63, 3.8) is 0 Å². The number of hydrogen-bond acceptors (Lipinski definition) is 12. The Kier molecular flexibility index (Phi) is 18.2. The molecule has 6 aliphatic rings. The molecule has 0 bridgehead atoms. The van der Waals surface area contributed by atoms with Crippen molar-refractivity contribution >= 4 is 62.8 Å². The smallest absolute Gasteiger partial charge is 0.254 e. The molecule has 3 aliphatic carbocycles. The summed E-state index contributed by atoms with van der Waals surface area (Å²) in [5, 5.41) is 35.9. The van der Waals surface area contributed by atoms with Gasteiger partial charge in [0, 0.05) is 148 Å². The van der Waals surface area contributed by atoms with Gasteiger partial charge in [0.1, 0.15) is 6.23 Å². The van der Waals surface area contributed by atoms with E-state index in [0.29, 0.717) is 59.6 Å². The minimum Gasteiger partial charge on any atom is -0.393 e. The standard InChI is InChI=1S/C65H87F2N9O6S2/c1-36-25-57(83-7)52(61(78)70-36)34-68-63(80)59-40(5)75(38(3)41-13-15-43(16-14-41)72-44-32-65(66,67)33-44)55-30-45(17-18-51(55)59)73(6)46-21-24-82-49(29-46)31-56-60(64(81)69-35-53-58(84-8)26-37(2)71-62(53)79)50-11-9-10-12-54(50)76(56)39(4)42-19-22-74(23-20-42)47-27-48(77)28-47/h9-12,17-18,25-26,30,38-39,41-44,46-49,61,70,72,77-78H,13-16,19-24,27-29,31-35H2,1-8H3,(H,68,80)(H,69,81)(H,71,79)/t38-,39-,41?,43?,46?,47?,48?,49?,61?/m1/s1. The lowest BCUT2D eigenvalue weighted by molar-refractivity contribution is -0.0957. The Hall–Kier alpha value is -5.15. The summed E-state index contributed by atoms with van der Waals surface area (Å²) >= 11 is 3.03. The molecule has 454 valence electrons. The lowest BCUT2D eigenvalue weighted by atomic mass is 9.80. The summed E-state index contributed by atoms with van der Waals surface area (Å²) in [5.74, 6) is -2.32. The third-order valence-electron chi connectivity index (χ3n) is 20.0. The molecule has 19 heteroatoms. The quantitative estimate of drug-likeness (QED) is 0.0390. The normalized spacial score (nSPS) is 25.9. The van der Waals surface area contributed by atoms with Gasteiger partial charge < -0.3 is 60.1 Å². The summed E-state index contributed by atoms with van der Waals surface area (Å²) in [7, 11) is 2.15. The number of dihydropyridines is 1. The first kappa shape index (κ1) is 60.5. The number of alkyl halides is 2. The number of benzene rings is 2. The van der Waals surface area contributed by atoms with E-state index in [9.17, 15) is 28.6 Å². The van der Waals surface area contributed by atoms with E-state index in [1.54, 1.807) is 11.8 Å². The van der Waals surface area contributed by atoms with Crippen LogP contribution in [0.1, 0.15) is 153 Å². The van der Waals surface area contributed by atoms with Crippen molar-refractivity contribution in [3.8, 4) is 0 Å². The van der Waals surface area contributed by atoms with Crippen molar-refractivity contribution in [2.75, 3.05) is 50.7 Å². The number of aryl methyl sites for hydroxylation is 1. The van der Waals surface area contributed by atoms with Crippen molar-refractivity contribution in [2.45, 2.75) is 190 Å². The molecule has 5 fully saturated rings. The van der Waals surface area contributed by atoms with Gasteiger partial charge in [-0.05, 0) is 173 Å². The van der Waals surface area contributed by atoms with Crippen LogP contribution < -0.4 is 31.7 Å². The first-order valence-electron chi connectivity index (χ1n) is 30.7. The molecule has 3 aliphatic heterocycles. The number of para-hydroxylation sites is 1. The number of likely N-dealkylation sites (tertiary alicyclic amines) is 1. The van der Waals surface area contributed by atoms with E-state index in [1.807, 2.05) is 51.5 Å². The highest BCUT2D eigenvalue weighted by molar-refractivity contribution is 8.02. The molecule has 3 unspecified atom stereocenters. The number of carbonyl (C=O) groups excluding carboxylic acids is 2. The minimum atomic E-state index is -2.56. The highest BCUT2D eigenvalue weighted by Crippen LogP contribution is 2.44. The van der Waals surface area contributed by atoms with Gasteiger partial charge in [0.15, 0.2) is 0 Å². The summed E-state index contributed by atoms with van der Waals surface area (Å²) in [6.07, 6.45) is 13.8. The number of ether oxygens (including phenoxy) is 1. The molecule has 5 aromatic rings. The molecule has 2 saturated heterocycles. The van der Waals surface area contributed by atoms with Crippen LogP contribution in [0.4, 0.5) is 14.5 Å². The SMILES string of the molecule is CSC1=C(CNC(=O)c2c(C)n([C@H](C)C3CCC(NC4CC(F)(F)C4)CC3)c3cc(N(C)C4CCOC(Cc5c(C(=O)NCc6c(SC)cc(C)[nH]c6=O)c6ccccc6n5[C@H](C)C5CCN(C6CC(O)C6)CC5)C4)ccc23)C(O)NC(C)=C1. The molecular weight excluding hydrogens is 1100 g/mol. The number of carbonyl (C=O) groups is 2. The van der Waals surface area contributed by atoms with Crippen LogP contribution in [0.5, 0.6) is 0 Å². The highest BCUT2D eigenvalue weighted by atomic mass is 32.2. The van der Waals surface area contributed by atoms with Crippen LogP contribution >= 0.6 is 23.5 Å². The van der Waals surface area contributed by atoms with Gasteiger partial charge in [-0.3, -0.25) is 14.4 Å². The molecule has 11 rings (SSSR count). The number of hydrogen-bond donors (Lipinski definition) is 7. The van der Waals surface area contributed by atoms with Crippen LogP contribution in [0, 0.1) is 25.7 Å². The van der Waals surface area contributed by atoms with Crippen LogP contribution in [0.25, 0.3) is 21.8 Å². The maximum absolute atomic E-state index is 15.0. The fourth-order valence-electron chi connectivity index (χ4n) is 15.1. The molecule has 0 spiro atoms. The largest absolute Gasteiger partial charge is 0.393 e. The van der Waals surface area contributed by atoms with Crippen molar-refractivity contribution in [1.29, 1.82) is 0 Å². The fraction of sp³-hybridized carbons (Fsp3) is 0.585. The Morgan fingerprint density at radius 1 is 0.821 bits per heavy atom. The monoisotopic (exact) mass is 1190 g/mol.